The van der Waals surface area contributed by atoms with E-state index >= 15 is 0 Å². The minimum Gasteiger partial charge on any atom is -0.508 e. The minimum atomic E-state index is -0.643. The predicted molar refractivity (Wildman–Crippen MR) is 150 cm³/mol. The monoisotopic (exact) mass is 524 g/mol. The van der Waals surface area contributed by atoms with E-state index in [-0.39, 0.29) is 23.7 Å². The molecule has 6 rings (SSSR count). The number of aromatic hydroxyl groups is 1. The van der Waals surface area contributed by atoms with Crippen LogP contribution in [0.25, 0.3) is 33.2 Å². The van der Waals surface area contributed by atoms with Gasteiger partial charge in [-0.25, -0.2) is 19.6 Å². The summed E-state index contributed by atoms with van der Waals surface area (Å²) in [5, 5.41) is 25.0. The molecule has 1 unspecified atom stereocenters. The second kappa shape index (κ2) is 9.71. The number of aromatic nitrogens is 6. The van der Waals surface area contributed by atoms with Crippen LogP contribution < -0.4 is 11.3 Å². The van der Waals surface area contributed by atoms with Gasteiger partial charge in [-0.2, -0.15) is 10.4 Å². The molecule has 10 nitrogen and oxygen atoms in total. The lowest BCUT2D eigenvalue weighted by Crippen LogP contribution is -2.29. The van der Waals surface area contributed by atoms with Crippen LogP contribution in [0.5, 0.6) is 5.75 Å². The van der Waals surface area contributed by atoms with Gasteiger partial charge >= 0.3 is 0 Å². The molecule has 0 amide bonds. The van der Waals surface area contributed by atoms with Crippen LogP contribution in [-0.4, -0.2) is 34.4 Å². The molecule has 3 aromatic carbocycles. The first-order valence-electron chi connectivity index (χ1n) is 12.2. The van der Waals surface area contributed by atoms with Crippen molar-refractivity contribution in [2.24, 2.45) is 0 Å². The second-order valence-corrected chi connectivity index (χ2v) is 9.09. The van der Waals surface area contributed by atoms with Crippen LogP contribution in [0.4, 0.5) is 5.82 Å². The smallest absolute Gasteiger partial charge is 0.263 e. The van der Waals surface area contributed by atoms with E-state index in [1.54, 1.807) is 65.3 Å². The van der Waals surface area contributed by atoms with E-state index in [1.165, 1.54) is 17.2 Å². The molecule has 0 saturated carbocycles. The van der Waals surface area contributed by atoms with Gasteiger partial charge in [0.05, 0.1) is 46.8 Å². The number of nitrogens with zero attached hydrogens (tertiary/aromatic N) is 7. The van der Waals surface area contributed by atoms with Gasteiger partial charge in [0.15, 0.2) is 5.65 Å². The average molecular weight is 525 g/mol. The van der Waals surface area contributed by atoms with Gasteiger partial charge in [-0.15, -0.1) is 6.42 Å². The van der Waals surface area contributed by atoms with E-state index in [4.69, 9.17) is 17.3 Å². The van der Waals surface area contributed by atoms with E-state index in [1.807, 2.05) is 6.07 Å². The van der Waals surface area contributed by atoms with Gasteiger partial charge < -0.3 is 10.8 Å². The third-order valence-electron chi connectivity index (χ3n) is 6.75. The van der Waals surface area contributed by atoms with Crippen molar-refractivity contribution in [1.29, 1.82) is 5.26 Å². The van der Waals surface area contributed by atoms with Crippen LogP contribution >= 0.6 is 0 Å². The summed E-state index contributed by atoms with van der Waals surface area (Å²) in [4.78, 5) is 27.0. The first-order valence-corrected chi connectivity index (χ1v) is 12.2. The third kappa shape index (κ3) is 4.06. The number of hydrogen-bond donors (Lipinski definition) is 2. The number of rotatable bonds is 5. The van der Waals surface area contributed by atoms with Crippen molar-refractivity contribution < 1.29 is 5.11 Å². The molecule has 192 valence electrons. The van der Waals surface area contributed by atoms with E-state index in [0.717, 1.165) is 0 Å². The molecule has 0 aliphatic rings. The van der Waals surface area contributed by atoms with Crippen LogP contribution in [0.3, 0.4) is 0 Å². The molecule has 0 saturated heterocycles. The Kier molecular flexibility index (Phi) is 5.91. The number of phenolic OH excluding ortho intramolecular Hbond substituents is 1. The van der Waals surface area contributed by atoms with Gasteiger partial charge in [-0.3, -0.25) is 9.36 Å². The van der Waals surface area contributed by atoms with E-state index in [2.05, 4.69) is 26.9 Å². The maximum absolute atomic E-state index is 13.9. The lowest BCUT2D eigenvalue weighted by Gasteiger charge is -2.21. The number of terminal acetylenes is 1. The quantitative estimate of drug-likeness (QED) is 0.325. The largest absolute Gasteiger partial charge is 0.508 e. The summed E-state index contributed by atoms with van der Waals surface area (Å²) in [5.41, 5.74) is 9.70. The molecule has 3 heterocycles. The molecule has 3 N–H and O–H groups in total. The van der Waals surface area contributed by atoms with Crippen LogP contribution in [-0.2, 0) is 6.54 Å². The normalized spacial score (nSPS) is 11.8. The molecule has 0 fully saturated rings. The summed E-state index contributed by atoms with van der Waals surface area (Å²) in [6.07, 6.45) is 8.54. The highest BCUT2D eigenvalue weighted by Gasteiger charge is 2.24. The highest BCUT2D eigenvalue weighted by molar-refractivity contribution is 5.98. The van der Waals surface area contributed by atoms with Crippen molar-refractivity contribution in [2.75, 3.05) is 5.73 Å². The molecular formula is C30H20N8O2. The van der Waals surface area contributed by atoms with Gasteiger partial charge in [-0.1, -0.05) is 24.1 Å². The summed E-state index contributed by atoms with van der Waals surface area (Å²) in [6.45, 7) is 0.144. The number of nitrogens with two attached hydrogens (primary N) is 1. The zero-order chi connectivity index (χ0) is 27.8. The second-order valence-electron chi connectivity index (χ2n) is 9.09. The fraction of sp³-hybridized carbons (Fsp3) is 0.0667. The molecule has 0 aliphatic heterocycles. The Morgan fingerprint density at radius 1 is 1.02 bits per heavy atom. The Balaban J connectivity index is 1.58. The summed E-state index contributed by atoms with van der Waals surface area (Å²) < 4.78 is 3.15. The van der Waals surface area contributed by atoms with Crippen LogP contribution in [0.1, 0.15) is 22.7 Å². The number of nitriles is 1. The Bertz CT molecular complexity index is 2060. The fourth-order valence-corrected chi connectivity index (χ4v) is 4.83. The first kappa shape index (κ1) is 24.3. The van der Waals surface area contributed by atoms with Crippen molar-refractivity contribution >= 4 is 27.8 Å². The lowest BCUT2D eigenvalue weighted by atomic mass is 10.0. The molecule has 0 radical (unpaired) electrons. The fourth-order valence-electron chi connectivity index (χ4n) is 4.83. The molecule has 40 heavy (non-hydrogen) atoms. The number of anilines is 1. The molecule has 3 aromatic heterocycles. The van der Waals surface area contributed by atoms with Crippen molar-refractivity contribution in [3.05, 3.63) is 106 Å². The Morgan fingerprint density at radius 2 is 1.82 bits per heavy atom. The maximum atomic E-state index is 13.9. The van der Waals surface area contributed by atoms with E-state index in [0.29, 0.717) is 49.9 Å². The van der Waals surface area contributed by atoms with Crippen molar-refractivity contribution in [3.63, 3.8) is 0 Å². The van der Waals surface area contributed by atoms with E-state index < -0.39 is 6.04 Å². The van der Waals surface area contributed by atoms with Crippen molar-refractivity contribution in [2.45, 2.75) is 12.6 Å². The minimum absolute atomic E-state index is 0.115. The van der Waals surface area contributed by atoms with Gasteiger partial charge in [-0.05, 0) is 54.1 Å². The van der Waals surface area contributed by atoms with E-state index in [9.17, 15) is 15.2 Å². The van der Waals surface area contributed by atoms with Gasteiger partial charge in [0.2, 0.25) is 0 Å². The number of hydrogen-bond acceptors (Lipinski definition) is 8. The molecule has 0 aliphatic carbocycles. The molecule has 1 atom stereocenters. The number of phenols is 1. The van der Waals surface area contributed by atoms with Gasteiger partial charge in [0, 0.05) is 11.1 Å². The van der Waals surface area contributed by atoms with Crippen molar-refractivity contribution in [1.82, 2.24) is 29.3 Å². The van der Waals surface area contributed by atoms with Gasteiger partial charge in [0.1, 0.15) is 23.6 Å². The predicted octanol–water partition coefficient (Wildman–Crippen LogP) is 3.63. The Hall–Kier alpha value is -6.00. The van der Waals surface area contributed by atoms with Crippen LogP contribution in [0.15, 0.2) is 84.2 Å². The molecule has 0 spiro atoms. The molecule has 10 heteroatoms. The summed E-state index contributed by atoms with van der Waals surface area (Å²) in [7, 11) is 0. The first-order chi connectivity index (χ1) is 19.5. The molecular weight excluding hydrogens is 504 g/mol. The Labute approximate surface area is 227 Å². The lowest BCUT2D eigenvalue weighted by molar-refractivity contribution is 0.458. The van der Waals surface area contributed by atoms with Crippen LogP contribution in [0, 0.1) is 23.7 Å². The Morgan fingerprint density at radius 3 is 2.60 bits per heavy atom. The zero-order valence-electron chi connectivity index (χ0n) is 20.9. The third-order valence-corrected chi connectivity index (χ3v) is 6.75. The van der Waals surface area contributed by atoms with Crippen LogP contribution in [0.2, 0.25) is 0 Å². The highest BCUT2D eigenvalue weighted by atomic mass is 16.3. The summed E-state index contributed by atoms with van der Waals surface area (Å²) in [6, 6.07) is 20.3. The molecule has 0 bridgehead atoms. The number of benzene rings is 3. The highest BCUT2D eigenvalue weighted by Crippen LogP contribution is 2.32. The number of fused-ring (bicyclic) bond motifs is 2. The summed E-state index contributed by atoms with van der Waals surface area (Å²) >= 11 is 0. The number of nitrogen functional groups attached to an aromatic ring is 1. The van der Waals surface area contributed by atoms with Crippen molar-refractivity contribution in [3.8, 4) is 35.4 Å². The SMILES string of the molecule is C#Cc1cccc2ncn(C(Cn3nc(-c4ccc(O)cc4)c4c(N)ncnc43)c3cccc(C#N)c3)c(=O)c12. The maximum Gasteiger partial charge on any atom is 0.263 e. The topological polar surface area (TPSA) is 149 Å². The standard InChI is InChI=1S/C30H20N8O2/c1-2-19-6-4-8-23-25(19)30(40)37(17-35-23)24(21-7-3-5-18(13-21)14-31)15-38-29-26(28(32)33-16-34-29)27(36-38)20-9-11-22(39)12-10-20/h1,3-13,16-17,24,39H,15H2,(H2,32,33,34). The molecule has 6 aromatic rings. The average Bonchev–Trinajstić information content (AvgIpc) is 3.36. The van der Waals surface area contributed by atoms with Gasteiger partial charge in [0.25, 0.3) is 5.56 Å². The zero-order valence-corrected chi connectivity index (χ0v) is 20.9. The summed E-state index contributed by atoms with van der Waals surface area (Å²) in [5.74, 6) is 2.93.